The highest BCUT2D eigenvalue weighted by molar-refractivity contribution is 5.89. The van der Waals surface area contributed by atoms with E-state index in [1.165, 1.54) is 11.1 Å². The van der Waals surface area contributed by atoms with Gasteiger partial charge in [-0.05, 0) is 34.1 Å². The van der Waals surface area contributed by atoms with Gasteiger partial charge in [0.05, 0.1) is 0 Å². The molecular weight excluding hydrogens is 444 g/mol. The number of nitrogens with one attached hydrogen (secondary N) is 2. The number of aromatic nitrogens is 2. The third-order valence-electron chi connectivity index (χ3n) is 5.45. The molecule has 35 heavy (non-hydrogen) atoms. The molecule has 0 unspecified atom stereocenters. The first-order chi connectivity index (χ1) is 16.4. The molecule has 0 aliphatic rings. The van der Waals surface area contributed by atoms with Crippen molar-refractivity contribution in [1.82, 2.24) is 20.8 Å². The van der Waals surface area contributed by atoms with E-state index in [0.717, 1.165) is 5.56 Å². The fourth-order valence-corrected chi connectivity index (χ4v) is 3.26. The van der Waals surface area contributed by atoms with Crippen molar-refractivity contribution in [2.45, 2.75) is 52.4 Å². The number of hydrogen-bond acceptors (Lipinski definition) is 6. The van der Waals surface area contributed by atoms with Gasteiger partial charge in [0.15, 0.2) is 6.61 Å². The number of nitrogens with zero attached hydrogens (tertiary/aromatic N) is 2. The summed E-state index contributed by atoms with van der Waals surface area (Å²) in [5.41, 5.74) is 3.24. The van der Waals surface area contributed by atoms with E-state index in [1.807, 2.05) is 48.5 Å². The van der Waals surface area contributed by atoms with E-state index < -0.39 is 5.91 Å². The molecular formula is C27H34N4O4. The van der Waals surface area contributed by atoms with Gasteiger partial charge in [0, 0.05) is 18.7 Å². The standard InChI is InChI=1S/C27H34N4O4/c1-26(2,3)19-9-7-18(8-10-19)23-30-25(35-31-23)24(33)29-16-15-28-22(32)17-34-21-13-11-20(12-14-21)27(4,5)6/h7-14H,15-17H2,1-6H3,(H,28,32)(H,29,33). The second-order valence-corrected chi connectivity index (χ2v) is 10.4. The summed E-state index contributed by atoms with van der Waals surface area (Å²) in [6.45, 7) is 13.2. The van der Waals surface area contributed by atoms with E-state index in [2.05, 4.69) is 62.3 Å². The molecule has 8 heteroatoms. The summed E-state index contributed by atoms with van der Waals surface area (Å²) in [6.07, 6.45) is 0. The van der Waals surface area contributed by atoms with Crippen molar-refractivity contribution >= 4 is 11.8 Å². The number of carbonyl (C=O) groups is 2. The van der Waals surface area contributed by atoms with E-state index in [0.29, 0.717) is 11.6 Å². The van der Waals surface area contributed by atoms with Crippen LogP contribution < -0.4 is 15.4 Å². The molecule has 0 saturated heterocycles. The van der Waals surface area contributed by atoms with Crippen LogP contribution in [-0.2, 0) is 15.6 Å². The largest absolute Gasteiger partial charge is 0.484 e. The lowest BCUT2D eigenvalue weighted by atomic mass is 9.87. The maximum Gasteiger partial charge on any atom is 0.316 e. The molecule has 3 rings (SSSR count). The van der Waals surface area contributed by atoms with Gasteiger partial charge in [-0.25, -0.2) is 0 Å². The molecule has 0 bridgehead atoms. The van der Waals surface area contributed by atoms with E-state index in [9.17, 15) is 9.59 Å². The molecule has 0 radical (unpaired) electrons. The van der Waals surface area contributed by atoms with Gasteiger partial charge in [0.25, 0.3) is 5.91 Å². The molecule has 0 fully saturated rings. The highest BCUT2D eigenvalue weighted by Crippen LogP contribution is 2.25. The van der Waals surface area contributed by atoms with Gasteiger partial charge < -0.3 is 19.9 Å². The van der Waals surface area contributed by atoms with Crippen LogP contribution >= 0.6 is 0 Å². The predicted molar refractivity (Wildman–Crippen MR) is 134 cm³/mol. The van der Waals surface area contributed by atoms with Gasteiger partial charge in [-0.15, -0.1) is 0 Å². The molecule has 0 spiro atoms. The Hall–Kier alpha value is -3.68. The summed E-state index contributed by atoms with van der Waals surface area (Å²) >= 11 is 0. The summed E-state index contributed by atoms with van der Waals surface area (Å²) in [5, 5.41) is 9.24. The SMILES string of the molecule is CC(C)(C)c1ccc(OCC(=O)NCCNC(=O)c2nc(-c3ccc(C(C)(C)C)cc3)no2)cc1. The Morgan fingerprint density at radius 1 is 0.829 bits per heavy atom. The minimum absolute atomic E-state index is 0.0417. The van der Waals surface area contributed by atoms with Gasteiger partial charge in [-0.3, -0.25) is 9.59 Å². The number of carbonyl (C=O) groups excluding carboxylic acids is 2. The Kier molecular flexibility index (Phi) is 7.94. The van der Waals surface area contributed by atoms with Crippen molar-refractivity contribution in [2.75, 3.05) is 19.7 Å². The quantitative estimate of drug-likeness (QED) is 0.469. The number of benzene rings is 2. The first-order valence-electron chi connectivity index (χ1n) is 11.7. The molecule has 2 amide bonds. The number of rotatable bonds is 8. The summed E-state index contributed by atoms with van der Waals surface area (Å²) < 4.78 is 10.6. The molecule has 0 aliphatic carbocycles. The second-order valence-electron chi connectivity index (χ2n) is 10.4. The van der Waals surface area contributed by atoms with Gasteiger partial charge in [-0.1, -0.05) is 83.1 Å². The molecule has 1 heterocycles. The van der Waals surface area contributed by atoms with Crippen LogP contribution in [0, 0.1) is 0 Å². The van der Waals surface area contributed by atoms with Crippen molar-refractivity contribution in [3.63, 3.8) is 0 Å². The minimum Gasteiger partial charge on any atom is -0.484 e. The Morgan fingerprint density at radius 3 is 1.94 bits per heavy atom. The van der Waals surface area contributed by atoms with Crippen LogP contribution in [0.25, 0.3) is 11.4 Å². The zero-order valence-electron chi connectivity index (χ0n) is 21.3. The minimum atomic E-state index is -0.500. The molecule has 186 valence electrons. The Balaban J connectivity index is 1.40. The van der Waals surface area contributed by atoms with E-state index >= 15 is 0 Å². The Labute approximate surface area is 206 Å². The van der Waals surface area contributed by atoms with Crippen LogP contribution in [0.4, 0.5) is 0 Å². The van der Waals surface area contributed by atoms with Crippen molar-refractivity contribution in [3.05, 3.63) is 65.5 Å². The smallest absolute Gasteiger partial charge is 0.316 e. The summed E-state index contributed by atoms with van der Waals surface area (Å²) in [7, 11) is 0. The zero-order valence-corrected chi connectivity index (χ0v) is 21.3. The Morgan fingerprint density at radius 2 is 1.37 bits per heavy atom. The van der Waals surface area contributed by atoms with Crippen LogP contribution in [-0.4, -0.2) is 41.7 Å². The molecule has 0 atom stereocenters. The lowest BCUT2D eigenvalue weighted by Gasteiger charge is -2.19. The average molecular weight is 479 g/mol. The third-order valence-corrected chi connectivity index (χ3v) is 5.45. The highest BCUT2D eigenvalue weighted by atomic mass is 16.5. The number of amides is 2. The molecule has 1 aromatic heterocycles. The zero-order chi connectivity index (χ0) is 25.6. The summed E-state index contributed by atoms with van der Waals surface area (Å²) in [6, 6.07) is 15.5. The molecule has 2 N–H and O–H groups in total. The lowest BCUT2D eigenvalue weighted by molar-refractivity contribution is -0.123. The second kappa shape index (κ2) is 10.7. The fourth-order valence-electron chi connectivity index (χ4n) is 3.26. The van der Waals surface area contributed by atoms with Gasteiger partial charge in [0.2, 0.25) is 5.82 Å². The summed E-state index contributed by atoms with van der Waals surface area (Å²) in [4.78, 5) is 28.5. The van der Waals surface area contributed by atoms with E-state index in [1.54, 1.807) is 0 Å². The van der Waals surface area contributed by atoms with E-state index in [-0.39, 0.29) is 42.3 Å². The average Bonchev–Trinajstić information content (AvgIpc) is 3.30. The molecule has 0 aliphatic heterocycles. The molecule has 2 aromatic carbocycles. The maximum atomic E-state index is 12.3. The van der Waals surface area contributed by atoms with Crippen LogP contribution in [0.1, 0.15) is 63.4 Å². The first-order valence-corrected chi connectivity index (χ1v) is 11.7. The topological polar surface area (TPSA) is 106 Å². The molecule has 8 nitrogen and oxygen atoms in total. The molecule has 3 aromatic rings. The fraction of sp³-hybridized carbons (Fsp3) is 0.407. The van der Waals surface area contributed by atoms with Crippen molar-refractivity contribution in [2.24, 2.45) is 0 Å². The number of hydrogen-bond donors (Lipinski definition) is 2. The maximum absolute atomic E-state index is 12.3. The van der Waals surface area contributed by atoms with Crippen LogP contribution in [0.2, 0.25) is 0 Å². The monoisotopic (exact) mass is 478 g/mol. The van der Waals surface area contributed by atoms with Crippen LogP contribution in [0.3, 0.4) is 0 Å². The predicted octanol–water partition coefficient (Wildman–Crippen LogP) is 4.26. The van der Waals surface area contributed by atoms with Crippen molar-refractivity contribution < 1.29 is 18.8 Å². The molecule has 0 saturated carbocycles. The highest BCUT2D eigenvalue weighted by Gasteiger charge is 2.18. The van der Waals surface area contributed by atoms with Gasteiger partial charge >= 0.3 is 11.8 Å². The van der Waals surface area contributed by atoms with Gasteiger partial charge in [0.1, 0.15) is 5.75 Å². The Bertz CT molecular complexity index is 1140. The van der Waals surface area contributed by atoms with Crippen LogP contribution in [0.5, 0.6) is 5.75 Å². The lowest BCUT2D eigenvalue weighted by Crippen LogP contribution is -2.36. The van der Waals surface area contributed by atoms with Crippen molar-refractivity contribution in [1.29, 1.82) is 0 Å². The van der Waals surface area contributed by atoms with Crippen molar-refractivity contribution in [3.8, 4) is 17.1 Å². The number of ether oxygens (including phenoxy) is 1. The third kappa shape index (κ3) is 7.40. The summed E-state index contributed by atoms with van der Waals surface area (Å²) in [5.74, 6) is 0.0592. The van der Waals surface area contributed by atoms with E-state index in [4.69, 9.17) is 9.26 Å². The first kappa shape index (κ1) is 25.9. The van der Waals surface area contributed by atoms with Gasteiger partial charge in [-0.2, -0.15) is 4.98 Å². The normalized spacial score (nSPS) is 11.7. The van der Waals surface area contributed by atoms with Crippen LogP contribution in [0.15, 0.2) is 53.1 Å².